The van der Waals surface area contributed by atoms with Gasteiger partial charge in [-0.25, -0.2) is 0 Å². The van der Waals surface area contributed by atoms with Crippen LogP contribution >= 0.6 is 11.6 Å². The van der Waals surface area contributed by atoms with E-state index in [0.717, 1.165) is 48.6 Å². The highest BCUT2D eigenvalue weighted by molar-refractivity contribution is 6.31. The Labute approximate surface area is 159 Å². The molecule has 3 N–H and O–H groups in total. The SMILES string of the molecule is Cc1ccc(C(N)=O)c(-c2cc(Cl)cc(CN3CCNC(C)C3)c2C)n1. The monoisotopic (exact) mass is 372 g/mol. The summed E-state index contributed by atoms with van der Waals surface area (Å²) in [5.74, 6) is -0.482. The second-order valence-corrected chi connectivity index (χ2v) is 7.48. The van der Waals surface area contributed by atoms with Crippen LogP contribution in [0.15, 0.2) is 24.3 Å². The van der Waals surface area contributed by atoms with Gasteiger partial charge in [-0.15, -0.1) is 0 Å². The Morgan fingerprint density at radius 1 is 1.38 bits per heavy atom. The van der Waals surface area contributed by atoms with Crippen LogP contribution in [0.2, 0.25) is 5.02 Å². The summed E-state index contributed by atoms with van der Waals surface area (Å²) in [7, 11) is 0. The topological polar surface area (TPSA) is 71.2 Å². The van der Waals surface area contributed by atoms with Crippen molar-refractivity contribution in [3.63, 3.8) is 0 Å². The smallest absolute Gasteiger partial charge is 0.250 e. The van der Waals surface area contributed by atoms with Gasteiger partial charge in [0.2, 0.25) is 0 Å². The van der Waals surface area contributed by atoms with Gasteiger partial charge in [-0.3, -0.25) is 14.7 Å². The molecular formula is C20H25ClN4O. The number of benzene rings is 1. The zero-order chi connectivity index (χ0) is 18.8. The molecule has 1 aromatic heterocycles. The molecule has 3 rings (SSSR count). The molecule has 1 saturated heterocycles. The number of piperazine rings is 1. The van der Waals surface area contributed by atoms with Gasteiger partial charge in [-0.2, -0.15) is 0 Å². The zero-order valence-corrected chi connectivity index (χ0v) is 16.2. The number of halogens is 1. The average molecular weight is 373 g/mol. The molecule has 138 valence electrons. The van der Waals surface area contributed by atoms with Gasteiger partial charge in [0.15, 0.2) is 0 Å². The van der Waals surface area contributed by atoms with Crippen molar-refractivity contribution in [2.75, 3.05) is 19.6 Å². The lowest BCUT2D eigenvalue weighted by molar-refractivity contribution is 0.100. The van der Waals surface area contributed by atoms with E-state index >= 15 is 0 Å². The van der Waals surface area contributed by atoms with Gasteiger partial charge in [-0.1, -0.05) is 11.6 Å². The van der Waals surface area contributed by atoms with E-state index in [1.54, 1.807) is 12.1 Å². The van der Waals surface area contributed by atoms with Crippen LogP contribution in [0.3, 0.4) is 0 Å². The first-order valence-electron chi connectivity index (χ1n) is 8.87. The molecule has 0 radical (unpaired) electrons. The number of nitrogens with zero attached hydrogens (tertiary/aromatic N) is 2. The summed E-state index contributed by atoms with van der Waals surface area (Å²) in [5, 5.41) is 4.10. The van der Waals surface area contributed by atoms with Crippen molar-refractivity contribution in [2.45, 2.75) is 33.4 Å². The van der Waals surface area contributed by atoms with E-state index in [2.05, 4.69) is 29.0 Å². The molecule has 1 fully saturated rings. The number of carbonyl (C=O) groups is 1. The molecule has 2 heterocycles. The van der Waals surface area contributed by atoms with Gasteiger partial charge in [-0.05, 0) is 56.2 Å². The van der Waals surface area contributed by atoms with Gasteiger partial charge in [0.05, 0.1) is 11.3 Å². The van der Waals surface area contributed by atoms with Crippen LogP contribution in [-0.2, 0) is 6.54 Å². The second kappa shape index (κ2) is 7.74. The number of rotatable bonds is 4. The number of primary amides is 1. The molecule has 1 amide bonds. The van der Waals surface area contributed by atoms with E-state index in [0.29, 0.717) is 22.3 Å². The molecule has 0 aliphatic carbocycles. The Kier molecular flexibility index (Phi) is 5.61. The minimum Gasteiger partial charge on any atom is -0.366 e. The van der Waals surface area contributed by atoms with E-state index in [1.807, 2.05) is 19.1 Å². The van der Waals surface area contributed by atoms with E-state index in [-0.39, 0.29) is 0 Å². The Bertz CT molecular complexity index is 837. The number of nitrogens with one attached hydrogen (secondary N) is 1. The van der Waals surface area contributed by atoms with Crippen LogP contribution < -0.4 is 11.1 Å². The number of hydrogen-bond donors (Lipinski definition) is 2. The summed E-state index contributed by atoms with van der Waals surface area (Å²) in [5.41, 5.74) is 10.5. The fourth-order valence-electron chi connectivity index (χ4n) is 3.50. The van der Waals surface area contributed by atoms with Crippen molar-refractivity contribution in [1.29, 1.82) is 0 Å². The first-order chi connectivity index (χ1) is 12.3. The van der Waals surface area contributed by atoms with Gasteiger partial charge >= 0.3 is 0 Å². The molecule has 1 atom stereocenters. The highest BCUT2D eigenvalue weighted by Gasteiger charge is 2.20. The average Bonchev–Trinajstić information content (AvgIpc) is 2.57. The summed E-state index contributed by atoms with van der Waals surface area (Å²) in [6.45, 7) is 9.95. The normalized spacial score (nSPS) is 18.1. The summed E-state index contributed by atoms with van der Waals surface area (Å²) in [6.07, 6.45) is 0. The molecular weight excluding hydrogens is 348 g/mol. The van der Waals surface area contributed by atoms with Gasteiger partial charge in [0.25, 0.3) is 5.91 Å². The van der Waals surface area contributed by atoms with E-state index in [4.69, 9.17) is 17.3 Å². The molecule has 1 unspecified atom stereocenters. The van der Waals surface area contributed by atoms with Crippen molar-refractivity contribution in [3.05, 3.63) is 51.7 Å². The van der Waals surface area contributed by atoms with E-state index in [9.17, 15) is 4.79 Å². The van der Waals surface area contributed by atoms with Crippen LogP contribution in [0.4, 0.5) is 0 Å². The first kappa shape index (κ1) is 18.8. The quantitative estimate of drug-likeness (QED) is 0.865. The maximum absolute atomic E-state index is 11.9. The van der Waals surface area contributed by atoms with Crippen molar-refractivity contribution in [1.82, 2.24) is 15.2 Å². The standard InChI is InChI=1S/C20H25ClN4O/c1-12-4-5-17(20(22)26)19(24-12)18-9-16(21)8-15(14(18)3)11-25-7-6-23-13(2)10-25/h4-5,8-9,13,23H,6-7,10-11H2,1-3H3,(H2,22,26). The largest absolute Gasteiger partial charge is 0.366 e. The Balaban J connectivity index is 2.03. The molecule has 0 spiro atoms. The van der Waals surface area contributed by atoms with Crippen LogP contribution in [0, 0.1) is 13.8 Å². The highest BCUT2D eigenvalue weighted by Crippen LogP contribution is 2.31. The predicted octanol–water partition coefficient (Wildman–Crippen LogP) is 2.91. The molecule has 5 nitrogen and oxygen atoms in total. The second-order valence-electron chi connectivity index (χ2n) is 7.04. The summed E-state index contributed by atoms with van der Waals surface area (Å²) < 4.78 is 0. The number of nitrogens with two attached hydrogens (primary N) is 1. The lowest BCUT2D eigenvalue weighted by Gasteiger charge is -2.32. The van der Waals surface area contributed by atoms with Gasteiger partial charge in [0, 0.05) is 48.5 Å². The summed E-state index contributed by atoms with van der Waals surface area (Å²) >= 11 is 6.42. The predicted molar refractivity (Wildman–Crippen MR) is 105 cm³/mol. The van der Waals surface area contributed by atoms with Gasteiger partial charge < -0.3 is 11.1 Å². The van der Waals surface area contributed by atoms with Gasteiger partial charge in [0.1, 0.15) is 0 Å². The van der Waals surface area contributed by atoms with Crippen LogP contribution in [0.5, 0.6) is 0 Å². The molecule has 0 bridgehead atoms. The number of aryl methyl sites for hydroxylation is 1. The lowest BCUT2D eigenvalue weighted by atomic mass is 9.96. The fraction of sp³-hybridized carbons (Fsp3) is 0.400. The highest BCUT2D eigenvalue weighted by atomic mass is 35.5. The van der Waals surface area contributed by atoms with Crippen LogP contribution in [0.25, 0.3) is 11.3 Å². The minimum absolute atomic E-state index is 0.419. The maximum Gasteiger partial charge on any atom is 0.250 e. The number of carbonyl (C=O) groups excluding carboxylic acids is 1. The molecule has 1 aromatic carbocycles. The molecule has 1 aliphatic heterocycles. The fourth-order valence-corrected chi connectivity index (χ4v) is 3.74. The van der Waals surface area contributed by atoms with E-state index < -0.39 is 5.91 Å². The lowest BCUT2D eigenvalue weighted by Crippen LogP contribution is -2.48. The minimum atomic E-state index is -0.482. The molecule has 6 heteroatoms. The third-order valence-corrected chi connectivity index (χ3v) is 5.10. The summed E-state index contributed by atoms with van der Waals surface area (Å²) in [6, 6.07) is 7.88. The molecule has 1 aliphatic rings. The third kappa shape index (κ3) is 4.06. The molecule has 26 heavy (non-hydrogen) atoms. The van der Waals surface area contributed by atoms with Crippen molar-refractivity contribution >= 4 is 17.5 Å². The Morgan fingerprint density at radius 2 is 2.15 bits per heavy atom. The van der Waals surface area contributed by atoms with Crippen molar-refractivity contribution < 1.29 is 4.79 Å². The first-order valence-corrected chi connectivity index (χ1v) is 9.25. The van der Waals surface area contributed by atoms with Crippen LogP contribution in [0.1, 0.15) is 34.1 Å². The third-order valence-electron chi connectivity index (χ3n) is 4.88. The maximum atomic E-state index is 11.9. The Morgan fingerprint density at radius 3 is 2.85 bits per heavy atom. The number of pyridine rings is 1. The molecule has 2 aromatic rings. The van der Waals surface area contributed by atoms with E-state index in [1.165, 1.54) is 0 Å². The number of amides is 1. The van der Waals surface area contributed by atoms with Crippen molar-refractivity contribution in [2.24, 2.45) is 5.73 Å². The number of hydrogen-bond acceptors (Lipinski definition) is 4. The zero-order valence-electron chi connectivity index (χ0n) is 15.5. The van der Waals surface area contributed by atoms with Crippen LogP contribution in [-0.4, -0.2) is 41.5 Å². The molecule has 0 saturated carbocycles. The Hall–Kier alpha value is -1.95. The summed E-state index contributed by atoms with van der Waals surface area (Å²) in [4.78, 5) is 18.9. The van der Waals surface area contributed by atoms with Crippen molar-refractivity contribution in [3.8, 4) is 11.3 Å². The number of aromatic nitrogens is 1.